The summed E-state index contributed by atoms with van der Waals surface area (Å²) in [6, 6.07) is 22.8. The fraction of sp³-hybridized carbons (Fsp3) is 0.379. The zero-order valence-electron chi connectivity index (χ0n) is 18.5. The molecular weight excluding hydrogens is 364 g/mol. The summed E-state index contributed by atoms with van der Waals surface area (Å²) >= 11 is 0. The summed E-state index contributed by atoms with van der Waals surface area (Å²) in [5, 5.41) is 0. The lowest BCUT2D eigenvalue weighted by atomic mass is 9.63. The van der Waals surface area contributed by atoms with E-state index in [1.54, 1.807) is 0 Å². The van der Waals surface area contributed by atoms with Gasteiger partial charge in [-0.3, -0.25) is 0 Å². The highest BCUT2D eigenvalue weighted by atomic mass is 16.5. The van der Waals surface area contributed by atoms with E-state index in [0.717, 1.165) is 12.2 Å². The fourth-order valence-electron chi connectivity index (χ4n) is 6.42. The molecule has 3 aromatic carbocycles. The molecule has 0 N–H and O–H groups in total. The van der Waals surface area contributed by atoms with E-state index in [-0.39, 0.29) is 16.4 Å². The monoisotopic (exact) mass is 394 g/mol. The van der Waals surface area contributed by atoms with Gasteiger partial charge >= 0.3 is 0 Å². The summed E-state index contributed by atoms with van der Waals surface area (Å²) in [7, 11) is 0. The molecule has 2 aliphatic carbocycles. The average molecular weight is 395 g/mol. The lowest BCUT2D eigenvalue weighted by Gasteiger charge is -2.43. The molecule has 1 fully saturated rings. The smallest absolute Gasteiger partial charge is 0.124 e. The molecule has 1 aliphatic heterocycles. The maximum Gasteiger partial charge on any atom is 0.124 e. The van der Waals surface area contributed by atoms with E-state index in [1.807, 2.05) is 0 Å². The third-order valence-electron chi connectivity index (χ3n) is 8.57. The Kier molecular flexibility index (Phi) is 3.52. The third-order valence-corrected chi connectivity index (χ3v) is 8.57. The summed E-state index contributed by atoms with van der Waals surface area (Å²) in [6.45, 7) is 9.45. The van der Waals surface area contributed by atoms with Crippen LogP contribution in [-0.2, 0) is 10.8 Å². The first kappa shape index (κ1) is 18.2. The first-order valence-electron chi connectivity index (χ1n) is 11.4. The summed E-state index contributed by atoms with van der Waals surface area (Å²) in [6.07, 6.45) is 4.93. The van der Waals surface area contributed by atoms with Gasteiger partial charge in [-0.15, -0.1) is 0 Å². The Morgan fingerprint density at radius 3 is 2.17 bits per heavy atom. The Labute approximate surface area is 180 Å². The molecule has 0 radical (unpaired) electrons. The van der Waals surface area contributed by atoms with Gasteiger partial charge in [-0.25, -0.2) is 0 Å². The van der Waals surface area contributed by atoms with Crippen molar-refractivity contribution in [2.24, 2.45) is 0 Å². The topological polar surface area (TPSA) is 9.23 Å². The summed E-state index contributed by atoms with van der Waals surface area (Å²) in [4.78, 5) is 0. The zero-order valence-corrected chi connectivity index (χ0v) is 18.5. The van der Waals surface area contributed by atoms with Crippen molar-refractivity contribution < 1.29 is 4.74 Å². The minimum Gasteiger partial charge on any atom is -0.486 e. The molecule has 2 unspecified atom stereocenters. The number of hydrogen-bond donors (Lipinski definition) is 0. The normalized spacial score (nSPS) is 27.6. The van der Waals surface area contributed by atoms with Crippen molar-refractivity contribution in [3.63, 3.8) is 0 Å². The number of benzene rings is 3. The van der Waals surface area contributed by atoms with Gasteiger partial charge in [-0.05, 0) is 77.8 Å². The van der Waals surface area contributed by atoms with Crippen molar-refractivity contribution in [3.05, 3.63) is 77.4 Å². The lowest BCUT2D eigenvalue weighted by Crippen LogP contribution is -2.49. The van der Waals surface area contributed by atoms with Gasteiger partial charge < -0.3 is 4.74 Å². The van der Waals surface area contributed by atoms with Gasteiger partial charge in [0.1, 0.15) is 11.4 Å². The highest BCUT2D eigenvalue weighted by Crippen LogP contribution is 2.57. The maximum atomic E-state index is 6.54. The molecule has 0 aromatic heterocycles. The molecule has 0 saturated heterocycles. The Morgan fingerprint density at radius 2 is 1.33 bits per heavy atom. The second-order valence-electron chi connectivity index (χ2n) is 10.5. The Hall–Kier alpha value is -2.54. The Morgan fingerprint density at radius 1 is 0.667 bits per heavy atom. The van der Waals surface area contributed by atoms with Gasteiger partial charge in [0.05, 0.1) is 0 Å². The zero-order chi connectivity index (χ0) is 20.7. The van der Waals surface area contributed by atoms with Crippen molar-refractivity contribution in [2.45, 2.75) is 69.8 Å². The highest BCUT2D eigenvalue weighted by molar-refractivity contribution is 5.83. The van der Waals surface area contributed by atoms with Crippen LogP contribution in [0.5, 0.6) is 5.75 Å². The quantitative estimate of drug-likeness (QED) is 0.412. The van der Waals surface area contributed by atoms with Crippen molar-refractivity contribution >= 4 is 0 Å². The maximum absolute atomic E-state index is 6.54. The van der Waals surface area contributed by atoms with Crippen LogP contribution in [0.15, 0.2) is 60.7 Å². The van der Waals surface area contributed by atoms with Crippen molar-refractivity contribution in [3.8, 4) is 28.0 Å². The van der Waals surface area contributed by atoms with Gasteiger partial charge in [0.2, 0.25) is 0 Å². The van der Waals surface area contributed by atoms with Crippen LogP contribution >= 0.6 is 0 Å². The summed E-state index contributed by atoms with van der Waals surface area (Å²) < 4.78 is 6.54. The van der Waals surface area contributed by atoms with E-state index in [2.05, 4.69) is 88.4 Å². The van der Waals surface area contributed by atoms with Gasteiger partial charge in [0.15, 0.2) is 0 Å². The molecule has 1 heterocycles. The standard InChI is InChI=1S/C29H30O/c1-27(2)23-10-6-5-9-21(23)22-13-11-19(17-24(22)27)20-12-14-26-25(18-20)28(3)15-7-8-16-29(28,4)30-26/h5-6,9-14,17-18H,7-8,15-16H2,1-4H3. The van der Waals surface area contributed by atoms with Crippen LogP contribution < -0.4 is 4.74 Å². The molecule has 3 aromatic rings. The first-order valence-corrected chi connectivity index (χ1v) is 11.4. The van der Waals surface area contributed by atoms with Crippen LogP contribution in [0.2, 0.25) is 0 Å². The molecule has 0 bridgehead atoms. The molecule has 152 valence electrons. The molecule has 6 rings (SSSR count). The molecule has 0 amide bonds. The van der Waals surface area contributed by atoms with Crippen LogP contribution in [0.3, 0.4) is 0 Å². The van der Waals surface area contributed by atoms with E-state index < -0.39 is 0 Å². The molecule has 3 aliphatic rings. The summed E-state index contributed by atoms with van der Waals surface area (Å²) in [5.41, 5.74) is 9.76. The van der Waals surface area contributed by atoms with Crippen LogP contribution in [0, 0.1) is 0 Å². The van der Waals surface area contributed by atoms with E-state index >= 15 is 0 Å². The van der Waals surface area contributed by atoms with Crippen LogP contribution in [-0.4, -0.2) is 5.60 Å². The van der Waals surface area contributed by atoms with E-state index in [9.17, 15) is 0 Å². The van der Waals surface area contributed by atoms with Crippen molar-refractivity contribution in [2.75, 3.05) is 0 Å². The first-order chi connectivity index (χ1) is 14.3. The second-order valence-corrected chi connectivity index (χ2v) is 10.5. The Balaban J connectivity index is 1.47. The number of ether oxygens (including phenoxy) is 1. The molecule has 1 heteroatoms. The predicted molar refractivity (Wildman–Crippen MR) is 124 cm³/mol. The number of rotatable bonds is 1. The average Bonchev–Trinajstić information content (AvgIpc) is 3.12. The van der Waals surface area contributed by atoms with Crippen LogP contribution in [0.25, 0.3) is 22.3 Å². The third kappa shape index (κ3) is 2.19. The minimum absolute atomic E-state index is 0.0374. The summed E-state index contributed by atoms with van der Waals surface area (Å²) in [5.74, 6) is 1.10. The van der Waals surface area contributed by atoms with Crippen LogP contribution in [0.1, 0.15) is 70.1 Å². The number of hydrogen-bond acceptors (Lipinski definition) is 1. The largest absolute Gasteiger partial charge is 0.486 e. The van der Waals surface area contributed by atoms with E-state index in [1.165, 1.54) is 58.2 Å². The van der Waals surface area contributed by atoms with Gasteiger partial charge in [0.25, 0.3) is 0 Å². The van der Waals surface area contributed by atoms with Gasteiger partial charge in [-0.1, -0.05) is 69.7 Å². The molecule has 1 nitrogen and oxygen atoms in total. The molecular formula is C29H30O. The predicted octanol–water partition coefficient (Wildman–Crippen LogP) is 7.64. The van der Waals surface area contributed by atoms with Gasteiger partial charge in [0, 0.05) is 16.4 Å². The Bertz CT molecular complexity index is 1190. The molecule has 30 heavy (non-hydrogen) atoms. The van der Waals surface area contributed by atoms with E-state index in [0.29, 0.717) is 0 Å². The molecule has 1 saturated carbocycles. The fourth-order valence-corrected chi connectivity index (χ4v) is 6.42. The second kappa shape index (κ2) is 5.78. The van der Waals surface area contributed by atoms with Crippen molar-refractivity contribution in [1.82, 2.24) is 0 Å². The minimum atomic E-state index is -0.0617. The van der Waals surface area contributed by atoms with Gasteiger partial charge in [-0.2, -0.15) is 0 Å². The van der Waals surface area contributed by atoms with Crippen LogP contribution in [0.4, 0.5) is 0 Å². The molecule has 2 atom stereocenters. The SMILES string of the molecule is CC1(C)c2ccccc2-c2ccc(-c3ccc4c(c3)C3(C)CCCCC3(C)O4)cc21. The lowest BCUT2D eigenvalue weighted by molar-refractivity contribution is 0.00740. The van der Waals surface area contributed by atoms with Crippen molar-refractivity contribution in [1.29, 1.82) is 0 Å². The number of fused-ring (bicyclic) bond motifs is 6. The highest BCUT2D eigenvalue weighted by Gasteiger charge is 2.55. The molecule has 0 spiro atoms. The van der Waals surface area contributed by atoms with E-state index in [4.69, 9.17) is 4.74 Å².